The Balaban J connectivity index is 2.80. The lowest BCUT2D eigenvalue weighted by molar-refractivity contribution is -0.124. The van der Waals surface area contributed by atoms with Crippen LogP contribution in [0.15, 0.2) is 29.2 Å². The van der Waals surface area contributed by atoms with Crippen LogP contribution in [0.25, 0.3) is 0 Å². The van der Waals surface area contributed by atoms with Crippen LogP contribution in [0.4, 0.5) is 0 Å². The van der Waals surface area contributed by atoms with E-state index in [1.807, 2.05) is 30.5 Å². The van der Waals surface area contributed by atoms with Crippen molar-refractivity contribution < 1.29 is 9.53 Å². The Morgan fingerprint density at radius 3 is 2.71 bits per heavy atom. The molecular formula is C10H13NO2S. The van der Waals surface area contributed by atoms with E-state index in [2.05, 4.69) is 0 Å². The van der Waals surface area contributed by atoms with Crippen LogP contribution >= 0.6 is 11.8 Å². The summed E-state index contributed by atoms with van der Waals surface area (Å²) in [5.41, 5.74) is 5.10. The Labute approximate surface area is 87.6 Å². The molecule has 0 fully saturated rings. The number of thioether (sulfide) groups is 1. The van der Waals surface area contributed by atoms with E-state index in [4.69, 9.17) is 10.5 Å². The molecule has 4 heteroatoms. The van der Waals surface area contributed by atoms with Crippen LogP contribution in [0.2, 0.25) is 0 Å². The number of amides is 1. The van der Waals surface area contributed by atoms with E-state index in [9.17, 15) is 4.79 Å². The number of rotatable bonds is 4. The maximum Gasteiger partial charge on any atom is 0.258 e. The lowest BCUT2D eigenvalue weighted by Crippen LogP contribution is -2.30. The molecule has 1 amide bonds. The van der Waals surface area contributed by atoms with Crippen LogP contribution in [0, 0.1) is 0 Å². The summed E-state index contributed by atoms with van der Waals surface area (Å²) in [5, 5.41) is 0. The minimum atomic E-state index is -0.594. The van der Waals surface area contributed by atoms with E-state index in [0.29, 0.717) is 5.75 Å². The Hall–Kier alpha value is -1.16. The molecule has 2 N–H and O–H groups in total. The van der Waals surface area contributed by atoms with Gasteiger partial charge >= 0.3 is 0 Å². The van der Waals surface area contributed by atoms with Crippen molar-refractivity contribution >= 4 is 17.7 Å². The van der Waals surface area contributed by atoms with Crippen molar-refractivity contribution in [3.63, 3.8) is 0 Å². The molecule has 0 aliphatic heterocycles. The van der Waals surface area contributed by atoms with Gasteiger partial charge in [0.25, 0.3) is 5.91 Å². The SMILES string of the molecule is CSc1ccccc1OC(C)C(N)=O. The zero-order valence-corrected chi connectivity index (χ0v) is 9.01. The first-order valence-electron chi connectivity index (χ1n) is 4.24. The van der Waals surface area contributed by atoms with Crippen LogP contribution < -0.4 is 10.5 Å². The van der Waals surface area contributed by atoms with Crippen molar-refractivity contribution in [1.82, 2.24) is 0 Å². The first-order chi connectivity index (χ1) is 6.65. The van der Waals surface area contributed by atoms with Crippen molar-refractivity contribution in [2.75, 3.05) is 6.26 Å². The second-order valence-electron chi connectivity index (χ2n) is 2.81. The number of hydrogen-bond acceptors (Lipinski definition) is 3. The summed E-state index contributed by atoms with van der Waals surface area (Å²) in [5.74, 6) is 0.243. The molecule has 1 rings (SSSR count). The molecular weight excluding hydrogens is 198 g/mol. The number of nitrogens with two attached hydrogens (primary N) is 1. The molecule has 1 aromatic carbocycles. The highest BCUT2D eigenvalue weighted by Gasteiger charge is 2.11. The third-order valence-corrected chi connectivity index (χ3v) is 2.55. The van der Waals surface area contributed by atoms with E-state index in [1.165, 1.54) is 0 Å². The summed E-state index contributed by atoms with van der Waals surface area (Å²) in [6.45, 7) is 1.64. The van der Waals surface area contributed by atoms with Gasteiger partial charge in [-0.05, 0) is 25.3 Å². The topological polar surface area (TPSA) is 52.3 Å². The van der Waals surface area contributed by atoms with Gasteiger partial charge in [-0.2, -0.15) is 0 Å². The zero-order chi connectivity index (χ0) is 10.6. The first-order valence-corrected chi connectivity index (χ1v) is 5.46. The summed E-state index contributed by atoms with van der Waals surface area (Å²) in [6.07, 6.45) is 1.36. The molecule has 0 saturated heterocycles. The minimum Gasteiger partial charge on any atom is -0.480 e. The van der Waals surface area contributed by atoms with Crippen LogP contribution in [0.3, 0.4) is 0 Å². The predicted molar refractivity (Wildman–Crippen MR) is 57.5 cm³/mol. The Bertz CT molecular complexity index is 328. The molecule has 0 aliphatic carbocycles. The highest BCUT2D eigenvalue weighted by atomic mass is 32.2. The van der Waals surface area contributed by atoms with Crippen molar-refractivity contribution in [2.24, 2.45) is 5.73 Å². The largest absolute Gasteiger partial charge is 0.480 e. The highest BCUT2D eigenvalue weighted by Crippen LogP contribution is 2.27. The van der Waals surface area contributed by atoms with Gasteiger partial charge in [0.15, 0.2) is 6.10 Å². The first kappa shape index (κ1) is 10.9. The molecule has 0 radical (unpaired) electrons. The molecule has 0 aromatic heterocycles. The van der Waals surface area contributed by atoms with Gasteiger partial charge in [0, 0.05) is 4.90 Å². The third-order valence-electron chi connectivity index (χ3n) is 1.77. The van der Waals surface area contributed by atoms with Crippen molar-refractivity contribution in [2.45, 2.75) is 17.9 Å². The number of primary amides is 1. The summed E-state index contributed by atoms with van der Waals surface area (Å²) in [6, 6.07) is 7.55. The molecule has 1 unspecified atom stereocenters. The van der Waals surface area contributed by atoms with Gasteiger partial charge in [0.2, 0.25) is 0 Å². The normalized spacial score (nSPS) is 12.1. The van der Waals surface area contributed by atoms with E-state index >= 15 is 0 Å². The summed E-state index contributed by atoms with van der Waals surface area (Å²) in [4.78, 5) is 11.8. The standard InChI is InChI=1S/C10H13NO2S/c1-7(10(11)12)13-8-5-3-4-6-9(8)14-2/h3-7H,1-2H3,(H2,11,12). The number of carbonyl (C=O) groups is 1. The Morgan fingerprint density at radius 2 is 2.14 bits per heavy atom. The van der Waals surface area contributed by atoms with E-state index < -0.39 is 12.0 Å². The molecule has 1 aromatic rings. The van der Waals surface area contributed by atoms with Gasteiger partial charge in [-0.3, -0.25) is 4.79 Å². The van der Waals surface area contributed by atoms with E-state index in [-0.39, 0.29) is 0 Å². The average molecular weight is 211 g/mol. The van der Waals surface area contributed by atoms with Crippen LogP contribution in [-0.2, 0) is 4.79 Å². The van der Waals surface area contributed by atoms with Crippen molar-refractivity contribution in [3.05, 3.63) is 24.3 Å². The average Bonchev–Trinajstić information content (AvgIpc) is 2.18. The number of carbonyl (C=O) groups excluding carboxylic acids is 1. The number of benzene rings is 1. The van der Waals surface area contributed by atoms with Crippen molar-refractivity contribution in [3.8, 4) is 5.75 Å². The quantitative estimate of drug-likeness (QED) is 0.771. The number of para-hydroxylation sites is 1. The molecule has 14 heavy (non-hydrogen) atoms. The van der Waals surface area contributed by atoms with Gasteiger partial charge in [0.1, 0.15) is 5.75 Å². The number of ether oxygens (including phenoxy) is 1. The zero-order valence-electron chi connectivity index (χ0n) is 8.19. The summed E-state index contributed by atoms with van der Waals surface area (Å²) in [7, 11) is 0. The van der Waals surface area contributed by atoms with Gasteiger partial charge in [-0.15, -0.1) is 11.8 Å². The lowest BCUT2D eigenvalue weighted by Gasteiger charge is -2.13. The van der Waals surface area contributed by atoms with E-state index in [1.54, 1.807) is 18.7 Å². The minimum absolute atomic E-state index is 0.457. The molecule has 1 atom stereocenters. The van der Waals surface area contributed by atoms with Gasteiger partial charge < -0.3 is 10.5 Å². The molecule has 0 aliphatic rings. The molecule has 0 bridgehead atoms. The number of hydrogen-bond donors (Lipinski definition) is 1. The second-order valence-corrected chi connectivity index (χ2v) is 3.66. The molecule has 0 spiro atoms. The molecule has 76 valence electrons. The fourth-order valence-corrected chi connectivity index (χ4v) is 1.50. The monoisotopic (exact) mass is 211 g/mol. The van der Waals surface area contributed by atoms with Crippen LogP contribution in [0.5, 0.6) is 5.75 Å². The van der Waals surface area contributed by atoms with Gasteiger partial charge in [-0.1, -0.05) is 12.1 Å². The maximum absolute atomic E-state index is 10.8. The Kier molecular flexibility index (Phi) is 3.83. The molecule has 0 heterocycles. The second kappa shape index (κ2) is 4.91. The Morgan fingerprint density at radius 1 is 1.50 bits per heavy atom. The van der Waals surface area contributed by atoms with Gasteiger partial charge in [0.05, 0.1) is 0 Å². The van der Waals surface area contributed by atoms with Crippen LogP contribution in [0.1, 0.15) is 6.92 Å². The van der Waals surface area contributed by atoms with Crippen LogP contribution in [-0.4, -0.2) is 18.3 Å². The maximum atomic E-state index is 10.8. The lowest BCUT2D eigenvalue weighted by atomic mass is 10.3. The third kappa shape index (κ3) is 2.67. The van der Waals surface area contributed by atoms with Crippen molar-refractivity contribution in [1.29, 1.82) is 0 Å². The summed E-state index contributed by atoms with van der Waals surface area (Å²) >= 11 is 1.57. The fraction of sp³-hybridized carbons (Fsp3) is 0.300. The smallest absolute Gasteiger partial charge is 0.258 e. The molecule has 3 nitrogen and oxygen atoms in total. The summed E-state index contributed by atoms with van der Waals surface area (Å²) < 4.78 is 5.40. The van der Waals surface area contributed by atoms with Gasteiger partial charge in [-0.25, -0.2) is 0 Å². The fourth-order valence-electron chi connectivity index (χ4n) is 0.965. The van der Waals surface area contributed by atoms with E-state index in [0.717, 1.165) is 4.90 Å². The predicted octanol–water partition coefficient (Wildman–Crippen LogP) is 1.66. The highest BCUT2D eigenvalue weighted by molar-refractivity contribution is 7.98. The molecule has 0 saturated carbocycles.